The Labute approximate surface area is 139 Å². The van der Waals surface area contributed by atoms with Crippen LogP contribution in [0.3, 0.4) is 0 Å². The Kier molecular flexibility index (Phi) is 4.87. The Hall–Kier alpha value is -3.14. The standard InChI is InChI=1S/C20H17NO3/c22-19(21-13-7-6-10-15-8-2-1-3-9-15)17-14-16-11-4-5-12-18(16)24-20(17)23/h1-6,8-12,14H,7,13H2,(H,21,22)/b10-6+. The molecule has 120 valence electrons. The van der Waals surface area contributed by atoms with Crippen molar-refractivity contribution in [1.29, 1.82) is 0 Å². The van der Waals surface area contributed by atoms with E-state index in [0.717, 1.165) is 10.9 Å². The van der Waals surface area contributed by atoms with Gasteiger partial charge in [0, 0.05) is 11.9 Å². The van der Waals surface area contributed by atoms with Crippen LogP contribution in [0.15, 0.2) is 76.0 Å². The average Bonchev–Trinajstić information content (AvgIpc) is 2.61. The lowest BCUT2D eigenvalue weighted by Crippen LogP contribution is -2.28. The van der Waals surface area contributed by atoms with Crippen LogP contribution in [0, 0.1) is 0 Å². The molecule has 1 aromatic heterocycles. The first-order chi connectivity index (χ1) is 11.7. The summed E-state index contributed by atoms with van der Waals surface area (Å²) < 4.78 is 5.17. The number of hydrogen-bond acceptors (Lipinski definition) is 3. The second kappa shape index (κ2) is 7.42. The molecule has 0 unspecified atom stereocenters. The summed E-state index contributed by atoms with van der Waals surface area (Å²) in [5, 5.41) is 3.47. The predicted octanol–water partition coefficient (Wildman–Crippen LogP) is 3.63. The van der Waals surface area contributed by atoms with E-state index in [9.17, 15) is 9.59 Å². The van der Waals surface area contributed by atoms with Gasteiger partial charge in [-0.05, 0) is 24.1 Å². The lowest BCUT2D eigenvalue weighted by Gasteiger charge is -2.03. The van der Waals surface area contributed by atoms with Crippen LogP contribution >= 0.6 is 0 Å². The first-order valence-corrected chi connectivity index (χ1v) is 7.77. The molecular formula is C20H17NO3. The van der Waals surface area contributed by atoms with Crippen molar-refractivity contribution in [3.05, 3.63) is 88.3 Å². The van der Waals surface area contributed by atoms with Gasteiger partial charge in [-0.3, -0.25) is 4.79 Å². The second-order valence-corrected chi connectivity index (χ2v) is 5.34. The first-order valence-electron chi connectivity index (χ1n) is 7.77. The van der Waals surface area contributed by atoms with Crippen LogP contribution in [-0.4, -0.2) is 12.5 Å². The minimum Gasteiger partial charge on any atom is -0.422 e. The highest BCUT2D eigenvalue weighted by Crippen LogP contribution is 2.12. The Balaban J connectivity index is 1.60. The third-order valence-electron chi connectivity index (χ3n) is 3.59. The van der Waals surface area contributed by atoms with E-state index in [2.05, 4.69) is 5.32 Å². The first kappa shape index (κ1) is 15.7. The van der Waals surface area contributed by atoms with Gasteiger partial charge >= 0.3 is 5.63 Å². The van der Waals surface area contributed by atoms with Gasteiger partial charge in [0.1, 0.15) is 11.1 Å². The lowest BCUT2D eigenvalue weighted by molar-refractivity contribution is 0.0951. The molecule has 4 heteroatoms. The molecule has 1 heterocycles. The molecule has 2 aromatic carbocycles. The molecule has 4 nitrogen and oxygen atoms in total. The summed E-state index contributed by atoms with van der Waals surface area (Å²) >= 11 is 0. The highest BCUT2D eigenvalue weighted by atomic mass is 16.4. The van der Waals surface area contributed by atoms with E-state index in [-0.39, 0.29) is 5.56 Å². The van der Waals surface area contributed by atoms with E-state index in [0.29, 0.717) is 18.5 Å². The molecule has 3 aromatic rings. The molecule has 0 radical (unpaired) electrons. The Morgan fingerprint density at radius 2 is 1.79 bits per heavy atom. The van der Waals surface area contributed by atoms with Gasteiger partial charge in [0.15, 0.2) is 0 Å². The largest absolute Gasteiger partial charge is 0.422 e. The number of carbonyl (C=O) groups excluding carboxylic acids is 1. The number of para-hydroxylation sites is 1. The molecule has 0 aliphatic carbocycles. The van der Waals surface area contributed by atoms with Crippen LogP contribution in [0.4, 0.5) is 0 Å². The number of amides is 1. The van der Waals surface area contributed by atoms with Crippen molar-refractivity contribution in [3.8, 4) is 0 Å². The van der Waals surface area contributed by atoms with Crippen molar-refractivity contribution < 1.29 is 9.21 Å². The molecule has 0 saturated heterocycles. The number of carbonyl (C=O) groups is 1. The fourth-order valence-corrected chi connectivity index (χ4v) is 2.37. The number of nitrogens with one attached hydrogen (secondary N) is 1. The summed E-state index contributed by atoms with van der Waals surface area (Å²) in [6.07, 6.45) is 4.66. The number of rotatable bonds is 5. The lowest BCUT2D eigenvalue weighted by atomic mass is 10.1. The van der Waals surface area contributed by atoms with Crippen LogP contribution in [0.5, 0.6) is 0 Å². The molecule has 0 saturated carbocycles. The fraction of sp³-hybridized carbons (Fsp3) is 0.100. The molecule has 1 amide bonds. The fourth-order valence-electron chi connectivity index (χ4n) is 2.37. The van der Waals surface area contributed by atoms with Crippen LogP contribution < -0.4 is 10.9 Å². The Morgan fingerprint density at radius 1 is 1.04 bits per heavy atom. The van der Waals surface area contributed by atoms with Gasteiger partial charge in [-0.2, -0.15) is 0 Å². The van der Waals surface area contributed by atoms with Gasteiger partial charge in [-0.25, -0.2) is 4.79 Å². The van der Waals surface area contributed by atoms with Gasteiger partial charge in [0.25, 0.3) is 5.91 Å². The molecule has 0 bridgehead atoms. The summed E-state index contributed by atoms with van der Waals surface area (Å²) in [5.41, 5.74) is 0.996. The Bertz CT molecular complexity index is 926. The zero-order valence-electron chi connectivity index (χ0n) is 13.1. The second-order valence-electron chi connectivity index (χ2n) is 5.34. The maximum atomic E-state index is 12.1. The van der Waals surface area contributed by atoms with Gasteiger partial charge in [0.2, 0.25) is 0 Å². The van der Waals surface area contributed by atoms with E-state index in [4.69, 9.17) is 4.42 Å². The van der Waals surface area contributed by atoms with Crippen LogP contribution in [-0.2, 0) is 0 Å². The van der Waals surface area contributed by atoms with Crippen LogP contribution in [0.25, 0.3) is 17.0 Å². The minimum absolute atomic E-state index is 0.0285. The maximum absolute atomic E-state index is 12.1. The molecule has 1 N–H and O–H groups in total. The van der Waals surface area contributed by atoms with E-state index in [1.54, 1.807) is 24.3 Å². The van der Waals surface area contributed by atoms with Gasteiger partial charge < -0.3 is 9.73 Å². The molecule has 0 aliphatic heterocycles. The summed E-state index contributed by atoms with van der Waals surface area (Å²) in [4.78, 5) is 24.1. The third kappa shape index (κ3) is 3.79. The highest BCUT2D eigenvalue weighted by molar-refractivity contribution is 5.96. The minimum atomic E-state index is -0.619. The van der Waals surface area contributed by atoms with Crippen LogP contribution in [0.2, 0.25) is 0 Å². The zero-order chi connectivity index (χ0) is 16.8. The van der Waals surface area contributed by atoms with Crippen molar-refractivity contribution >= 4 is 23.0 Å². The quantitative estimate of drug-likeness (QED) is 0.577. The van der Waals surface area contributed by atoms with Crippen molar-refractivity contribution in [2.75, 3.05) is 6.54 Å². The Morgan fingerprint density at radius 3 is 2.62 bits per heavy atom. The third-order valence-corrected chi connectivity index (χ3v) is 3.59. The van der Waals surface area contributed by atoms with Crippen molar-refractivity contribution in [2.45, 2.75) is 6.42 Å². The van der Waals surface area contributed by atoms with Gasteiger partial charge in [-0.1, -0.05) is 60.7 Å². The topological polar surface area (TPSA) is 59.3 Å². The van der Waals surface area contributed by atoms with Crippen molar-refractivity contribution in [3.63, 3.8) is 0 Å². The van der Waals surface area contributed by atoms with E-state index >= 15 is 0 Å². The molecule has 0 spiro atoms. The molecule has 3 rings (SSSR count). The normalized spacial score (nSPS) is 11.0. The van der Waals surface area contributed by atoms with E-state index in [1.807, 2.05) is 48.6 Å². The van der Waals surface area contributed by atoms with E-state index in [1.165, 1.54) is 0 Å². The maximum Gasteiger partial charge on any atom is 0.349 e. The van der Waals surface area contributed by atoms with Crippen molar-refractivity contribution in [1.82, 2.24) is 5.32 Å². The predicted molar refractivity (Wildman–Crippen MR) is 94.9 cm³/mol. The summed E-state index contributed by atoms with van der Waals surface area (Å²) in [7, 11) is 0. The molecule has 0 aliphatic rings. The smallest absolute Gasteiger partial charge is 0.349 e. The zero-order valence-corrected chi connectivity index (χ0v) is 13.1. The molecule has 24 heavy (non-hydrogen) atoms. The summed E-state index contributed by atoms with van der Waals surface area (Å²) in [6.45, 7) is 0.453. The average molecular weight is 319 g/mol. The number of benzene rings is 2. The SMILES string of the molecule is O=C(NCC/C=C/c1ccccc1)c1cc2ccccc2oc1=O. The monoisotopic (exact) mass is 319 g/mol. The van der Waals surface area contributed by atoms with Crippen molar-refractivity contribution in [2.24, 2.45) is 0 Å². The summed E-state index contributed by atoms with van der Waals surface area (Å²) in [6, 6.07) is 18.6. The molecule has 0 fully saturated rings. The molecule has 0 atom stereocenters. The van der Waals surface area contributed by atoms with E-state index < -0.39 is 11.5 Å². The molecular weight excluding hydrogens is 302 g/mol. The van der Waals surface area contributed by atoms with Gasteiger partial charge in [-0.15, -0.1) is 0 Å². The summed E-state index contributed by atoms with van der Waals surface area (Å²) in [5.74, 6) is -0.414. The highest BCUT2D eigenvalue weighted by Gasteiger charge is 2.12. The number of hydrogen-bond donors (Lipinski definition) is 1. The van der Waals surface area contributed by atoms with Crippen LogP contribution in [0.1, 0.15) is 22.3 Å². The number of fused-ring (bicyclic) bond motifs is 1. The van der Waals surface area contributed by atoms with Gasteiger partial charge in [0.05, 0.1) is 0 Å².